The van der Waals surface area contributed by atoms with Crippen LogP contribution in [0.1, 0.15) is 45.6 Å². The van der Waals surface area contributed by atoms with Crippen LogP contribution in [0.3, 0.4) is 0 Å². The Morgan fingerprint density at radius 2 is 0.700 bits per heavy atom. The molecule has 4 aromatic heterocycles. The van der Waals surface area contributed by atoms with Gasteiger partial charge in [0.15, 0.2) is 23.3 Å². The van der Waals surface area contributed by atoms with Gasteiger partial charge in [-0.25, -0.2) is 19.9 Å². The molecular formula is C42H30N8. The second kappa shape index (κ2) is 13.8. The van der Waals surface area contributed by atoms with Gasteiger partial charge in [-0.1, -0.05) is 47.9 Å². The summed E-state index contributed by atoms with van der Waals surface area (Å²) in [6.45, 7) is 0. The van der Waals surface area contributed by atoms with E-state index in [1.807, 2.05) is 95.5 Å². The summed E-state index contributed by atoms with van der Waals surface area (Å²) in [7, 11) is 7.72. The summed E-state index contributed by atoms with van der Waals surface area (Å²) in [6, 6.07) is 20.6. The quantitative estimate of drug-likeness (QED) is 0.231. The third kappa shape index (κ3) is 6.87. The van der Waals surface area contributed by atoms with Crippen molar-refractivity contribution in [3.05, 3.63) is 156 Å². The third-order valence-electron chi connectivity index (χ3n) is 8.09. The number of nitrogens with zero attached hydrogens (tertiary/aromatic N) is 8. The predicted molar refractivity (Wildman–Crippen MR) is 194 cm³/mol. The second-order valence-electron chi connectivity index (χ2n) is 11.5. The van der Waals surface area contributed by atoms with E-state index in [0.29, 0.717) is 23.3 Å². The fourth-order valence-electron chi connectivity index (χ4n) is 5.22. The molecule has 0 fully saturated rings. The molecule has 0 saturated heterocycles. The molecule has 7 aromatic rings. The van der Waals surface area contributed by atoms with Crippen LogP contribution in [-0.4, -0.2) is 38.2 Å². The lowest BCUT2D eigenvalue weighted by molar-refractivity contribution is 0.893. The minimum Gasteiger partial charge on any atom is -0.327 e. The number of aryl methyl sites for hydroxylation is 4. The zero-order valence-corrected chi connectivity index (χ0v) is 28.0. The summed E-state index contributed by atoms with van der Waals surface area (Å²) in [5, 5.41) is 0. The Bertz CT molecular complexity index is 2430. The van der Waals surface area contributed by atoms with Gasteiger partial charge in [0, 0.05) is 100 Å². The number of hydrogen-bond acceptors (Lipinski definition) is 4. The fourth-order valence-corrected chi connectivity index (χ4v) is 5.22. The zero-order valence-electron chi connectivity index (χ0n) is 28.0. The molecule has 0 bridgehead atoms. The first-order valence-electron chi connectivity index (χ1n) is 15.8. The normalized spacial score (nSPS) is 10.2. The highest BCUT2D eigenvalue weighted by atomic mass is 15.0. The van der Waals surface area contributed by atoms with Gasteiger partial charge in [-0.3, -0.25) is 0 Å². The molecule has 8 heteroatoms. The van der Waals surface area contributed by atoms with Crippen molar-refractivity contribution in [2.75, 3.05) is 0 Å². The Labute approximate surface area is 291 Å². The van der Waals surface area contributed by atoms with E-state index in [0.717, 1.165) is 44.5 Å². The molecule has 4 heterocycles. The molecule has 0 saturated carbocycles. The minimum atomic E-state index is 0.690. The van der Waals surface area contributed by atoms with E-state index < -0.39 is 0 Å². The summed E-state index contributed by atoms with van der Waals surface area (Å²) in [4.78, 5) is 17.4. The van der Waals surface area contributed by atoms with Gasteiger partial charge in [-0.05, 0) is 82.3 Å². The SMILES string of the molecule is Cn1ccnc1C#Cc1ccc(C#Cc2nccn2C)c(-c2ccc(-c3cc(C#Cc4nccn4C)ccc3C#Cc3nccn3C)cc2)c1. The van der Waals surface area contributed by atoms with Gasteiger partial charge in [0.25, 0.3) is 0 Å². The van der Waals surface area contributed by atoms with Gasteiger partial charge < -0.3 is 18.3 Å². The molecule has 3 aromatic carbocycles. The lowest BCUT2D eigenvalue weighted by Crippen LogP contribution is -1.93. The van der Waals surface area contributed by atoms with Crippen LogP contribution in [0.4, 0.5) is 0 Å². The fraction of sp³-hybridized carbons (Fsp3) is 0.0952. The van der Waals surface area contributed by atoms with Crippen molar-refractivity contribution in [3.8, 4) is 69.6 Å². The Morgan fingerprint density at radius 1 is 0.380 bits per heavy atom. The highest BCUT2D eigenvalue weighted by Gasteiger charge is 2.10. The van der Waals surface area contributed by atoms with E-state index in [1.54, 1.807) is 24.8 Å². The highest BCUT2D eigenvalue weighted by Crippen LogP contribution is 2.30. The number of rotatable bonds is 2. The Morgan fingerprint density at radius 3 is 1.00 bits per heavy atom. The van der Waals surface area contributed by atoms with Crippen LogP contribution in [0.15, 0.2) is 110 Å². The van der Waals surface area contributed by atoms with E-state index in [2.05, 4.69) is 104 Å². The lowest BCUT2D eigenvalue weighted by Gasteiger charge is -2.10. The molecule has 50 heavy (non-hydrogen) atoms. The van der Waals surface area contributed by atoms with Crippen molar-refractivity contribution in [1.82, 2.24) is 38.2 Å². The summed E-state index contributed by atoms with van der Waals surface area (Å²) in [5.74, 6) is 28.8. The Balaban J connectivity index is 1.29. The number of hydrogen-bond donors (Lipinski definition) is 0. The average molecular weight is 647 g/mol. The van der Waals surface area contributed by atoms with Crippen LogP contribution in [-0.2, 0) is 28.2 Å². The monoisotopic (exact) mass is 646 g/mol. The maximum atomic E-state index is 4.37. The zero-order chi connectivity index (χ0) is 34.5. The average Bonchev–Trinajstić information content (AvgIpc) is 3.95. The molecule has 0 atom stereocenters. The summed E-state index contributed by atoms with van der Waals surface area (Å²) in [6.07, 6.45) is 14.5. The molecule has 7 rings (SSSR count). The molecule has 0 unspecified atom stereocenters. The van der Waals surface area contributed by atoms with Crippen molar-refractivity contribution in [3.63, 3.8) is 0 Å². The van der Waals surface area contributed by atoms with Gasteiger partial charge in [-0.15, -0.1) is 0 Å². The second-order valence-corrected chi connectivity index (χ2v) is 11.5. The summed E-state index contributed by atoms with van der Waals surface area (Å²) in [5.41, 5.74) is 7.41. The number of aromatic nitrogens is 8. The molecule has 0 radical (unpaired) electrons. The topological polar surface area (TPSA) is 71.3 Å². The van der Waals surface area contributed by atoms with Crippen LogP contribution in [0.5, 0.6) is 0 Å². The van der Waals surface area contributed by atoms with E-state index in [-0.39, 0.29) is 0 Å². The van der Waals surface area contributed by atoms with Crippen LogP contribution in [0, 0.1) is 47.4 Å². The maximum absolute atomic E-state index is 4.37. The predicted octanol–water partition coefficient (Wildman–Crippen LogP) is 5.55. The minimum absolute atomic E-state index is 0.690. The van der Waals surface area contributed by atoms with Crippen LogP contribution in [0.2, 0.25) is 0 Å². The van der Waals surface area contributed by atoms with E-state index in [9.17, 15) is 0 Å². The van der Waals surface area contributed by atoms with Crippen molar-refractivity contribution >= 4 is 0 Å². The van der Waals surface area contributed by atoms with E-state index in [1.165, 1.54) is 0 Å². The van der Waals surface area contributed by atoms with Gasteiger partial charge in [0.2, 0.25) is 0 Å². The first-order valence-corrected chi connectivity index (χ1v) is 15.8. The number of benzene rings is 3. The number of imidazole rings is 4. The van der Waals surface area contributed by atoms with Gasteiger partial charge >= 0.3 is 0 Å². The van der Waals surface area contributed by atoms with Crippen molar-refractivity contribution < 1.29 is 0 Å². The molecule has 0 aliphatic carbocycles. The van der Waals surface area contributed by atoms with Crippen LogP contribution < -0.4 is 0 Å². The van der Waals surface area contributed by atoms with Crippen molar-refractivity contribution in [2.45, 2.75) is 0 Å². The molecular weight excluding hydrogens is 617 g/mol. The molecule has 8 nitrogen and oxygen atoms in total. The summed E-state index contributed by atoms with van der Waals surface area (Å²) >= 11 is 0. The van der Waals surface area contributed by atoms with Crippen LogP contribution >= 0.6 is 0 Å². The third-order valence-corrected chi connectivity index (χ3v) is 8.09. The molecule has 0 aliphatic rings. The first kappa shape index (κ1) is 31.3. The van der Waals surface area contributed by atoms with E-state index >= 15 is 0 Å². The standard InChI is InChI=1S/C42H30N8/c1-47-25-21-43-39(47)17-7-31-5-9-33(15-19-41-45-23-27-49(41)3)37(29-31)35-11-13-36(14-12-35)38-30-32(8-18-40-44-22-26-48(40)2)6-10-34(38)16-20-42-46-24-28-50(42)4/h5-6,9-14,21-30H,1-4H3. The van der Waals surface area contributed by atoms with Crippen LogP contribution in [0.25, 0.3) is 22.3 Å². The van der Waals surface area contributed by atoms with Gasteiger partial charge in [0.05, 0.1) is 0 Å². The van der Waals surface area contributed by atoms with Crippen molar-refractivity contribution in [1.29, 1.82) is 0 Å². The molecule has 0 spiro atoms. The van der Waals surface area contributed by atoms with E-state index in [4.69, 9.17) is 0 Å². The Hall–Kier alpha value is -7.26. The molecule has 0 aliphatic heterocycles. The highest BCUT2D eigenvalue weighted by molar-refractivity contribution is 5.78. The molecule has 238 valence electrons. The Kier molecular flexibility index (Phi) is 8.68. The molecule has 0 N–H and O–H groups in total. The van der Waals surface area contributed by atoms with Gasteiger partial charge in [0.1, 0.15) is 0 Å². The molecule has 0 amide bonds. The lowest BCUT2D eigenvalue weighted by atomic mass is 9.93. The van der Waals surface area contributed by atoms with Gasteiger partial charge in [-0.2, -0.15) is 0 Å². The smallest absolute Gasteiger partial charge is 0.185 e. The largest absolute Gasteiger partial charge is 0.327 e. The summed E-state index contributed by atoms with van der Waals surface area (Å²) < 4.78 is 7.59. The van der Waals surface area contributed by atoms with Crippen molar-refractivity contribution in [2.24, 2.45) is 28.2 Å². The maximum Gasteiger partial charge on any atom is 0.185 e. The first-order chi connectivity index (χ1) is 24.4.